The highest BCUT2D eigenvalue weighted by molar-refractivity contribution is 6.01. The summed E-state index contributed by atoms with van der Waals surface area (Å²) in [6, 6.07) is 22.5. The number of carbonyl (C=O) groups excluding carboxylic acids is 1. The Morgan fingerprint density at radius 2 is 1.87 bits per heavy atom. The van der Waals surface area contributed by atoms with Gasteiger partial charge in [-0.1, -0.05) is 42.5 Å². The van der Waals surface area contributed by atoms with Crippen LogP contribution in [-0.2, 0) is 13.0 Å². The van der Waals surface area contributed by atoms with Crippen molar-refractivity contribution in [3.05, 3.63) is 95.2 Å². The summed E-state index contributed by atoms with van der Waals surface area (Å²) in [5, 5.41) is 4.48. The van der Waals surface area contributed by atoms with Crippen LogP contribution in [0.4, 0.5) is 0 Å². The maximum atomic E-state index is 13.0. The molecule has 0 saturated carbocycles. The van der Waals surface area contributed by atoms with Gasteiger partial charge >= 0.3 is 0 Å². The van der Waals surface area contributed by atoms with Crippen LogP contribution in [-0.4, -0.2) is 17.3 Å². The van der Waals surface area contributed by atoms with Gasteiger partial charge in [0.25, 0.3) is 0 Å². The summed E-state index contributed by atoms with van der Waals surface area (Å²) in [5.74, 6) is 0.791. The van der Waals surface area contributed by atoms with Gasteiger partial charge < -0.3 is 10.1 Å². The molecule has 0 radical (unpaired) electrons. The minimum absolute atomic E-state index is 0.126. The monoisotopic (exact) mass is 406 g/mol. The summed E-state index contributed by atoms with van der Waals surface area (Å²) in [7, 11) is 0. The second kappa shape index (κ2) is 7.33. The molecule has 0 aliphatic carbocycles. The first-order valence-corrected chi connectivity index (χ1v) is 10.8. The highest BCUT2D eigenvalue weighted by Gasteiger charge is 2.28. The Balaban J connectivity index is 1.32. The van der Waals surface area contributed by atoms with Gasteiger partial charge in [-0.15, -0.1) is 0 Å². The Bertz CT molecular complexity index is 1330. The standard InChI is InChI=1S/C27H22N2O2/c30-25-14-27(20-5-6-21-15-28-10-9-18(21)11-20)31-26-8-7-17(13-23(25)26)22-12-19-3-1-2-4-24(19)29-16-22/h1-8,11-13,16,27-28H,9-10,14-15H2. The third-order valence-corrected chi connectivity index (χ3v) is 6.33. The third-order valence-electron chi connectivity index (χ3n) is 6.33. The lowest BCUT2D eigenvalue weighted by Gasteiger charge is -2.27. The molecule has 152 valence electrons. The lowest BCUT2D eigenvalue weighted by Crippen LogP contribution is -2.25. The zero-order valence-corrected chi connectivity index (χ0v) is 17.1. The van der Waals surface area contributed by atoms with Gasteiger partial charge in [0.1, 0.15) is 11.9 Å². The fourth-order valence-corrected chi connectivity index (χ4v) is 4.62. The van der Waals surface area contributed by atoms with Gasteiger partial charge in [-0.2, -0.15) is 0 Å². The maximum absolute atomic E-state index is 13.0. The first-order chi connectivity index (χ1) is 15.2. The van der Waals surface area contributed by atoms with E-state index < -0.39 is 0 Å². The summed E-state index contributed by atoms with van der Waals surface area (Å²) in [4.78, 5) is 17.6. The molecule has 4 aromatic rings. The number of ketones is 1. The minimum atomic E-state index is -0.228. The molecule has 6 rings (SSSR count). The van der Waals surface area contributed by atoms with Crippen molar-refractivity contribution in [2.75, 3.05) is 6.54 Å². The number of fused-ring (bicyclic) bond motifs is 3. The Hall–Kier alpha value is -3.50. The zero-order chi connectivity index (χ0) is 20.8. The van der Waals surface area contributed by atoms with Crippen molar-refractivity contribution in [3.8, 4) is 16.9 Å². The Kier molecular flexibility index (Phi) is 4.32. The number of ether oxygens (including phenoxy) is 1. The van der Waals surface area contributed by atoms with Crippen molar-refractivity contribution in [2.45, 2.75) is 25.5 Å². The molecule has 1 aromatic heterocycles. The number of nitrogens with zero attached hydrogens (tertiary/aromatic N) is 1. The van der Waals surface area contributed by atoms with Crippen LogP contribution in [0.1, 0.15) is 39.6 Å². The van der Waals surface area contributed by atoms with E-state index >= 15 is 0 Å². The van der Waals surface area contributed by atoms with Crippen molar-refractivity contribution >= 4 is 16.7 Å². The normalized spacial score (nSPS) is 17.7. The Morgan fingerprint density at radius 3 is 2.84 bits per heavy atom. The number of nitrogens with one attached hydrogen (secondary N) is 1. The van der Waals surface area contributed by atoms with Crippen molar-refractivity contribution in [2.24, 2.45) is 0 Å². The van der Waals surface area contributed by atoms with Gasteiger partial charge in [-0.25, -0.2) is 0 Å². The molecule has 4 heteroatoms. The van der Waals surface area contributed by atoms with Crippen LogP contribution in [0.3, 0.4) is 0 Å². The molecular weight excluding hydrogens is 384 g/mol. The Labute approximate surface area is 180 Å². The molecule has 1 atom stereocenters. The number of aromatic nitrogens is 1. The van der Waals surface area contributed by atoms with Crippen molar-refractivity contribution < 1.29 is 9.53 Å². The predicted octanol–water partition coefficient (Wildman–Crippen LogP) is 5.25. The van der Waals surface area contributed by atoms with E-state index in [2.05, 4.69) is 40.6 Å². The molecule has 1 N–H and O–H groups in total. The lowest BCUT2D eigenvalue weighted by atomic mass is 9.91. The molecule has 1 unspecified atom stereocenters. The minimum Gasteiger partial charge on any atom is -0.484 e. The first kappa shape index (κ1) is 18.3. The number of carbonyl (C=O) groups is 1. The summed E-state index contributed by atoms with van der Waals surface area (Å²) >= 11 is 0. The third kappa shape index (κ3) is 3.29. The molecule has 0 saturated heterocycles. The summed E-state index contributed by atoms with van der Waals surface area (Å²) in [5.41, 5.74) is 7.38. The molecule has 0 bridgehead atoms. The highest BCUT2D eigenvalue weighted by Crippen LogP contribution is 2.38. The van der Waals surface area contributed by atoms with Crippen LogP contribution in [0, 0.1) is 0 Å². The average molecular weight is 406 g/mol. The van der Waals surface area contributed by atoms with E-state index in [1.54, 1.807) is 0 Å². The van der Waals surface area contributed by atoms with E-state index in [1.165, 1.54) is 11.1 Å². The van der Waals surface area contributed by atoms with Crippen LogP contribution < -0.4 is 10.1 Å². The predicted molar refractivity (Wildman–Crippen MR) is 121 cm³/mol. The SMILES string of the molecule is O=C1CC(c2ccc3c(c2)CCNC3)Oc2ccc(-c3cnc4ccccc4c3)cc21. The molecule has 3 aromatic carbocycles. The molecule has 0 fully saturated rings. The van der Waals surface area contributed by atoms with E-state index in [1.807, 2.05) is 42.6 Å². The molecule has 0 amide bonds. The molecule has 3 heterocycles. The number of Topliss-reactive ketones (excluding diaryl/α,β-unsaturated/α-hetero) is 1. The van der Waals surface area contributed by atoms with Crippen molar-refractivity contribution in [1.29, 1.82) is 0 Å². The van der Waals surface area contributed by atoms with E-state index in [0.717, 1.165) is 47.1 Å². The number of para-hydroxylation sites is 1. The van der Waals surface area contributed by atoms with Gasteiger partial charge in [0.2, 0.25) is 0 Å². The number of benzene rings is 3. The lowest BCUT2D eigenvalue weighted by molar-refractivity contribution is 0.0850. The van der Waals surface area contributed by atoms with Crippen molar-refractivity contribution in [1.82, 2.24) is 10.3 Å². The summed E-state index contributed by atoms with van der Waals surface area (Å²) in [6.07, 6.45) is 3.02. The fourth-order valence-electron chi connectivity index (χ4n) is 4.62. The zero-order valence-electron chi connectivity index (χ0n) is 17.1. The van der Waals surface area contributed by atoms with E-state index in [4.69, 9.17) is 4.74 Å². The molecule has 0 spiro atoms. The number of hydrogen-bond donors (Lipinski definition) is 1. The number of hydrogen-bond acceptors (Lipinski definition) is 4. The van der Waals surface area contributed by atoms with Crippen LogP contribution >= 0.6 is 0 Å². The van der Waals surface area contributed by atoms with Gasteiger partial charge in [0.05, 0.1) is 17.5 Å². The molecular formula is C27H22N2O2. The summed E-state index contributed by atoms with van der Waals surface area (Å²) < 4.78 is 6.29. The van der Waals surface area contributed by atoms with Gasteiger partial charge in [-0.3, -0.25) is 9.78 Å². The summed E-state index contributed by atoms with van der Waals surface area (Å²) in [6.45, 7) is 1.91. The van der Waals surface area contributed by atoms with Crippen molar-refractivity contribution in [3.63, 3.8) is 0 Å². The topological polar surface area (TPSA) is 51.2 Å². The van der Waals surface area contributed by atoms with E-state index in [0.29, 0.717) is 17.7 Å². The Morgan fingerprint density at radius 1 is 0.935 bits per heavy atom. The average Bonchev–Trinajstić information content (AvgIpc) is 2.83. The maximum Gasteiger partial charge on any atom is 0.170 e. The number of pyridine rings is 1. The highest BCUT2D eigenvalue weighted by atomic mass is 16.5. The van der Waals surface area contributed by atoms with E-state index in [-0.39, 0.29) is 11.9 Å². The first-order valence-electron chi connectivity index (χ1n) is 10.8. The molecule has 2 aliphatic rings. The molecule has 4 nitrogen and oxygen atoms in total. The van der Waals surface area contributed by atoms with Gasteiger partial charge in [-0.05, 0) is 59.5 Å². The fraction of sp³-hybridized carbons (Fsp3) is 0.185. The van der Waals surface area contributed by atoms with Gasteiger partial charge in [0.15, 0.2) is 5.78 Å². The van der Waals surface area contributed by atoms with Crippen LogP contribution in [0.2, 0.25) is 0 Å². The van der Waals surface area contributed by atoms with E-state index in [9.17, 15) is 4.79 Å². The van der Waals surface area contributed by atoms with Crippen LogP contribution in [0.25, 0.3) is 22.0 Å². The molecule has 2 aliphatic heterocycles. The number of rotatable bonds is 2. The quantitative estimate of drug-likeness (QED) is 0.494. The van der Waals surface area contributed by atoms with Crippen LogP contribution in [0.15, 0.2) is 72.9 Å². The second-order valence-electron chi connectivity index (χ2n) is 8.32. The second-order valence-corrected chi connectivity index (χ2v) is 8.32. The molecule has 31 heavy (non-hydrogen) atoms. The van der Waals surface area contributed by atoms with Crippen LogP contribution in [0.5, 0.6) is 5.75 Å². The largest absolute Gasteiger partial charge is 0.484 e. The van der Waals surface area contributed by atoms with Gasteiger partial charge in [0, 0.05) is 23.7 Å². The smallest absolute Gasteiger partial charge is 0.170 e.